The van der Waals surface area contributed by atoms with Gasteiger partial charge in [0.1, 0.15) is 5.69 Å². The second-order valence-corrected chi connectivity index (χ2v) is 12.3. The summed E-state index contributed by atoms with van der Waals surface area (Å²) < 4.78 is 36.0. The van der Waals surface area contributed by atoms with E-state index in [4.69, 9.17) is 16.3 Å². The Labute approximate surface area is 248 Å². The van der Waals surface area contributed by atoms with Crippen LogP contribution in [0.15, 0.2) is 36.5 Å². The highest BCUT2D eigenvalue weighted by atomic mass is 35.5. The van der Waals surface area contributed by atoms with Crippen LogP contribution in [-0.4, -0.2) is 56.6 Å². The quantitative estimate of drug-likeness (QED) is 0.324. The molecule has 1 aliphatic heterocycles. The van der Waals surface area contributed by atoms with Gasteiger partial charge in [-0.3, -0.25) is 4.79 Å². The maximum atomic E-state index is 14.8. The first kappa shape index (κ1) is 29.8. The SMILES string of the molecule is CCOc1ccc(-c2cn(CC3C(C4CC4)CCN3C(=O)c3cc(NC(=O)NC(C)(C)C)ccc3Cl)nn2)c(F)c1F. The summed E-state index contributed by atoms with van der Waals surface area (Å²) in [5.41, 5.74) is 0.474. The summed E-state index contributed by atoms with van der Waals surface area (Å²) >= 11 is 6.48. The topological polar surface area (TPSA) is 101 Å². The summed E-state index contributed by atoms with van der Waals surface area (Å²) in [4.78, 5) is 28.1. The van der Waals surface area contributed by atoms with Crippen molar-refractivity contribution in [2.75, 3.05) is 18.5 Å². The van der Waals surface area contributed by atoms with Gasteiger partial charge in [0.05, 0.1) is 36.0 Å². The number of carbonyl (C=O) groups is 2. The lowest BCUT2D eigenvalue weighted by atomic mass is 9.94. The van der Waals surface area contributed by atoms with Crippen LogP contribution in [0.3, 0.4) is 0 Å². The number of nitrogens with zero attached hydrogens (tertiary/aromatic N) is 4. The molecule has 2 atom stereocenters. The van der Waals surface area contributed by atoms with Crippen LogP contribution in [0, 0.1) is 23.5 Å². The fraction of sp³-hybridized carbons (Fsp3) is 0.467. The lowest BCUT2D eigenvalue weighted by Gasteiger charge is -2.29. The van der Waals surface area contributed by atoms with Crippen molar-refractivity contribution in [2.24, 2.45) is 11.8 Å². The average Bonchev–Trinajstić information content (AvgIpc) is 3.52. The third kappa shape index (κ3) is 6.51. The summed E-state index contributed by atoms with van der Waals surface area (Å²) in [6.45, 7) is 8.41. The highest BCUT2D eigenvalue weighted by Gasteiger charge is 2.45. The van der Waals surface area contributed by atoms with Crippen LogP contribution in [-0.2, 0) is 6.54 Å². The first-order valence-electron chi connectivity index (χ1n) is 14.2. The fourth-order valence-electron chi connectivity index (χ4n) is 5.56. The van der Waals surface area contributed by atoms with Gasteiger partial charge in [0, 0.05) is 23.3 Å². The zero-order valence-corrected chi connectivity index (χ0v) is 24.8. The van der Waals surface area contributed by atoms with Crippen LogP contribution in [0.4, 0.5) is 19.3 Å². The van der Waals surface area contributed by atoms with Crippen LogP contribution in [0.25, 0.3) is 11.3 Å². The van der Waals surface area contributed by atoms with Crippen LogP contribution in [0.1, 0.15) is 57.3 Å². The predicted octanol–water partition coefficient (Wildman–Crippen LogP) is 6.14. The van der Waals surface area contributed by atoms with Gasteiger partial charge in [-0.25, -0.2) is 13.9 Å². The Morgan fingerprint density at radius 1 is 1.12 bits per heavy atom. The highest BCUT2D eigenvalue weighted by Crippen LogP contribution is 2.45. The van der Waals surface area contributed by atoms with E-state index in [1.807, 2.05) is 25.7 Å². The van der Waals surface area contributed by atoms with Crippen LogP contribution >= 0.6 is 11.6 Å². The molecule has 2 aliphatic rings. The zero-order chi connectivity index (χ0) is 30.2. The minimum atomic E-state index is -1.07. The molecule has 1 saturated heterocycles. The number of amides is 3. The van der Waals surface area contributed by atoms with Crippen molar-refractivity contribution in [1.29, 1.82) is 0 Å². The van der Waals surface area contributed by atoms with Gasteiger partial charge in [-0.15, -0.1) is 5.10 Å². The smallest absolute Gasteiger partial charge is 0.319 e. The molecule has 3 aromatic rings. The number of hydrogen-bond acceptors (Lipinski definition) is 5. The molecule has 1 aromatic heterocycles. The van der Waals surface area contributed by atoms with Gasteiger partial charge in [0.15, 0.2) is 11.6 Å². The number of rotatable bonds is 8. The summed E-state index contributed by atoms with van der Waals surface area (Å²) in [5.74, 6) is -1.76. The van der Waals surface area contributed by atoms with E-state index in [-0.39, 0.29) is 58.1 Å². The average molecular weight is 601 g/mol. The van der Waals surface area contributed by atoms with E-state index in [9.17, 15) is 18.4 Å². The van der Waals surface area contributed by atoms with E-state index in [0.29, 0.717) is 24.7 Å². The Bertz CT molecular complexity index is 1490. The molecule has 1 aliphatic carbocycles. The van der Waals surface area contributed by atoms with E-state index in [0.717, 1.165) is 19.3 Å². The van der Waals surface area contributed by atoms with E-state index in [1.165, 1.54) is 12.1 Å². The van der Waals surface area contributed by atoms with Crippen molar-refractivity contribution < 1.29 is 23.1 Å². The molecule has 224 valence electrons. The van der Waals surface area contributed by atoms with Crippen LogP contribution in [0.2, 0.25) is 5.02 Å². The van der Waals surface area contributed by atoms with Crippen molar-refractivity contribution in [3.05, 3.63) is 58.7 Å². The second kappa shape index (κ2) is 11.9. The minimum Gasteiger partial charge on any atom is -0.491 e. The van der Waals surface area contributed by atoms with E-state index < -0.39 is 17.2 Å². The predicted molar refractivity (Wildman–Crippen MR) is 156 cm³/mol. The number of likely N-dealkylation sites (tertiary alicyclic amines) is 1. The van der Waals surface area contributed by atoms with Crippen molar-refractivity contribution in [3.8, 4) is 17.0 Å². The number of ether oxygens (including phenoxy) is 1. The Hall–Kier alpha value is -3.73. The molecule has 1 saturated carbocycles. The van der Waals surface area contributed by atoms with Crippen LogP contribution < -0.4 is 15.4 Å². The number of anilines is 1. The lowest BCUT2D eigenvalue weighted by Crippen LogP contribution is -2.43. The normalized spacial score (nSPS) is 18.7. The monoisotopic (exact) mass is 600 g/mol. The molecule has 42 heavy (non-hydrogen) atoms. The molecule has 0 spiro atoms. The maximum absolute atomic E-state index is 14.8. The largest absolute Gasteiger partial charge is 0.491 e. The summed E-state index contributed by atoms with van der Waals surface area (Å²) in [6.07, 6.45) is 4.61. The van der Waals surface area contributed by atoms with Gasteiger partial charge in [0.25, 0.3) is 5.91 Å². The van der Waals surface area contributed by atoms with Gasteiger partial charge < -0.3 is 20.3 Å². The summed E-state index contributed by atoms with van der Waals surface area (Å²) in [6, 6.07) is 7.04. The second-order valence-electron chi connectivity index (χ2n) is 11.9. The van der Waals surface area contributed by atoms with Gasteiger partial charge >= 0.3 is 6.03 Å². The molecule has 2 fully saturated rings. The number of urea groups is 1. The highest BCUT2D eigenvalue weighted by molar-refractivity contribution is 6.34. The first-order chi connectivity index (χ1) is 19.9. The molecular formula is C30H35ClF2N6O3. The van der Waals surface area contributed by atoms with Crippen molar-refractivity contribution in [1.82, 2.24) is 25.2 Å². The lowest BCUT2D eigenvalue weighted by molar-refractivity contribution is 0.0692. The van der Waals surface area contributed by atoms with Crippen LogP contribution in [0.5, 0.6) is 5.75 Å². The first-order valence-corrected chi connectivity index (χ1v) is 14.5. The maximum Gasteiger partial charge on any atom is 0.319 e. The zero-order valence-electron chi connectivity index (χ0n) is 24.1. The molecule has 12 heteroatoms. The van der Waals surface area contributed by atoms with Gasteiger partial charge in [0.2, 0.25) is 5.82 Å². The van der Waals surface area contributed by atoms with Gasteiger partial charge in [-0.2, -0.15) is 4.39 Å². The summed E-state index contributed by atoms with van der Waals surface area (Å²) in [5, 5.41) is 14.2. The standard InChI is InChI=1S/C30H35ClF2N6O3/c1-5-42-25-11-9-20(26(32)27(25)33)23-15-38(37-36-23)16-24-19(17-6-7-17)12-13-39(24)28(40)21-14-18(8-10-22(21)31)34-29(41)35-30(2,3)4/h8-11,14-15,17,19,24H,5-7,12-13,16H2,1-4H3,(H2,34,35,41). The third-order valence-electron chi connectivity index (χ3n) is 7.56. The number of carbonyl (C=O) groups excluding carboxylic acids is 2. The minimum absolute atomic E-state index is 0.0214. The van der Waals surface area contributed by atoms with Gasteiger partial charge in [-0.05, 0) is 89.1 Å². The Morgan fingerprint density at radius 2 is 1.88 bits per heavy atom. The van der Waals surface area contributed by atoms with E-state index >= 15 is 0 Å². The number of aromatic nitrogens is 3. The number of nitrogens with one attached hydrogen (secondary N) is 2. The van der Waals surface area contributed by atoms with Crippen molar-refractivity contribution in [3.63, 3.8) is 0 Å². The number of hydrogen-bond donors (Lipinski definition) is 2. The molecular weight excluding hydrogens is 566 g/mol. The number of benzene rings is 2. The molecule has 2 unspecified atom stereocenters. The van der Waals surface area contributed by atoms with E-state index in [2.05, 4.69) is 20.9 Å². The van der Waals surface area contributed by atoms with Crippen molar-refractivity contribution in [2.45, 2.75) is 65.1 Å². The molecule has 2 N–H and O–H groups in total. The molecule has 9 nitrogen and oxygen atoms in total. The van der Waals surface area contributed by atoms with E-state index in [1.54, 1.807) is 36.0 Å². The van der Waals surface area contributed by atoms with Crippen molar-refractivity contribution >= 4 is 29.2 Å². The number of halogens is 3. The molecule has 0 radical (unpaired) electrons. The Morgan fingerprint density at radius 3 is 2.57 bits per heavy atom. The Balaban J connectivity index is 1.36. The Kier molecular flexibility index (Phi) is 8.41. The summed E-state index contributed by atoms with van der Waals surface area (Å²) in [7, 11) is 0. The fourth-order valence-corrected chi connectivity index (χ4v) is 5.76. The molecule has 0 bridgehead atoms. The van der Waals surface area contributed by atoms with Gasteiger partial charge in [-0.1, -0.05) is 16.8 Å². The molecule has 2 heterocycles. The molecule has 3 amide bonds. The third-order valence-corrected chi connectivity index (χ3v) is 7.89. The molecule has 2 aromatic carbocycles. The molecule has 5 rings (SSSR count).